The molecule has 0 aliphatic heterocycles. The van der Waals surface area contributed by atoms with Gasteiger partial charge in [-0.25, -0.2) is 0 Å². The van der Waals surface area contributed by atoms with Gasteiger partial charge in [0.15, 0.2) is 5.75 Å². The second-order valence-electron chi connectivity index (χ2n) is 4.40. The molecule has 1 atom stereocenters. The SMILES string of the molecule is CCCC(Oc1c(C#N)ccc(Cl)c1N)c1ccoc1. The van der Waals surface area contributed by atoms with Gasteiger partial charge < -0.3 is 14.9 Å². The molecule has 0 bridgehead atoms. The number of hydrogen-bond acceptors (Lipinski definition) is 4. The molecular formula is C15H15ClN2O2. The number of ether oxygens (including phenoxy) is 1. The quantitative estimate of drug-likeness (QED) is 0.833. The van der Waals surface area contributed by atoms with E-state index in [2.05, 4.69) is 13.0 Å². The van der Waals surface area contributed by atoms with Gasteiger partial charge in [-0.2, -0.15) is 5.26 Å². The summed E-state index contributed by atoms with van der Waals surface area (Å²) in [5, 5.41) is 9.54. The highest BCUT2D eigenvalue weighted by molar-refractivity contribution is 6.33. The Morgan fingerprint density at radius 3 is 2.85 bits per heavy atom. The van der Waals surface area contributed by atoms with Gasteiger partial charge in [0, 0.05) is 5.56 Å². The summed E-state index contributed by atoms with van der Waals surface area (Å²) in [6.07, 6.45) is 4.72. The van der Waals surface area contributed by atoms with Crippen LogP contribution < -0.4 is 10.5 Å². The van der Waals surface area contributed by atoms with Crippen molar-refractivity contribution in [3.63, 3.8) is 0 Å². The number of benzene rings is 1. The molecule has 20 heavy (non-hydrogen) atoms. The van der Waals surface area contributed by atoms with E-state index in [-0.39, 0.29) is 11.8 Å². The van der Waals surface area contributed by atoms with Crippen LogP contribution in [0.15, 0.2) is 35.1 Å². The van der Waals surface area contributed by atoms with Gasteiger partial charge in [-0.1, -0.05) is 24.9 Å². The van der Waals surface area contributed by atoms with Crippen LogP contribution in [-0.2, 0) is 0 Å². The highest BCUT2D eigenvalue weighted by atomic mass is 35.5. The van der Waals surface area contributed by atoms with E-state index in [1.54, 1.807) is 24.7 Å². The highest BCUT2D eigenvalue weighted by Gasteiger charge is 2.19. The molecule has 0 amide bonds. The van der Waals surface area contributed by atoms with Gasteiger partial charge in [0.2, 0.25) is 0 Å². The number of hydrogen-bond donors (Lipinski definition) is 1. The van der Waals surface area contributed by atoms with Gasteiger partial charge in [0.05, 0.1) is 28.8 Å². The monoisotopic (exact) mass is 290 g/mol. The molecule has 5 heteroatoms. The summed E-state index contributed by atoms with van der Waals surface area (Å²) in [4.78, 5) is 0. The maximum Gasteiger partial charge on any atom is 0.162 e. The largest absolute Gasteiger partial charge is 0.482 e. The lowest BCUT2D eigenvalue weighted by molar-refractivity contribution is 0.193. The average molecular weight is 291 g/mol. The zero-order chi connectivity index (χ0) is 14.5. The van der Waals surface area contributed by atoms with E-state index in [1.165, 1.54) is 0 Å². The van der Waals surface area contributed by atoms with Crippen molar-refractivity contribution >= 4 is 17.3 Å². The summed E-state index contributed by atoms with van der Waals surface area (Å²) in [7, 11) is 0. The maximum absolute atomic E-state index is 9.16. The Hall–Kier alpha value is -2.12. The lowest BCUT2D eigenvalue weighted by Gasteiger charge is -2.19. The molecule has 1 aromatic carbocycles. The molecular weight excluding hydrogens is 276 g/mol. The summed E-state index contributed by atoms with van der Waals surface area (Å²) >= 11 is 6.00. The first-order valence-electron chi connectivity index (χ1n) is 6.34. The molecule has 2 aromatic rings. The number of furan rings is 1. The molecule has 0 aliphatic rings. The van der Waals surface area contributed by atoms with Crippen LogP contribution >= 0.6 is 11.6 Å². The first kappa shape index (κ1) is 14.3. The molecule has 0 spiro atoms. The topological polar surface area (TPSA) is 72.2 Å². The molecule has 104 valence electrons. The molecule has 0 fully saturated rings. The Labute approximate surface area is 122 Å². The lowest BCUT2D eigenvalue weighted by atomic mass is 10.1. The van der Waals surface area contributed by atoms with Gasteiger partial charge in [-0.05, 0) is 24.6 Å². The Morgan fingerprint density at radius 1 is 1.45 bits per heavy atom. The Bertz CT molecular complexity index is 618. The predicted octanol–water partition coefficient (Wildman–Crippen LogP) is 4.31. The molecule has 4 nitrogen and oxygen atoms in total. The van der Waals surface area contributed by atoms with Crippen molar-refractivity contribution in [2.45, 2.75) is 25.9 Å². The van der Waals surface area contributed by atoms with Crippen molar-refractivity contribution in [1.29, 1.82) is 5.26 Å². The normalized spacial score (nSPS) is 11.8. The molecule has 2 rings (SSSR count). The van der Waals surface area contributed by atoms with E-state index >= 15 is 0 Å². The molecule has 0 aliphatic carbocycles. The first-order chi connectivity index (χ1) is 9.67. The molecule has 1 unspecified atom stereocenters. The van der Waals surface area contributed by atoms with Crippen molar-refractivity contribution in [3.8, 4) is 11.8 Å². The molecule has 2 N–H and O–H groups in total. The lowest BCUT2D eigenvalue weighted by Crippen LogP contribution is -2.09. The third-order valence-corrected chi connectivity index (χ3v) is 3.32. The van der Waals surface area contributed by atoms with Crippen LogP contribution in [0.4, 0.5) is 5.69 Å². The van der Waals surface area contributed by atoms with Gasteiger partial charge in [-0.15, -0.1) is 0 Å². The van der Waals surface area contributed by atoms with Gasteiger partial charge in [0.1, 0.15) is 12.2 Å². The number of anilines is 1. The predicted molar refractivity (Wildman–Crippen MR) is 77.6 cm³/mol. The number of nitrogens with two attached hydrogens (primary N) is 1. The summed E-state index contributed by atoms with van der Waals surface area (Å²) < 4.78 is 11.0. The van der Waals surface area contributed by atoms with Gasteiger partial charge in [0.25, 0.3) is 0 Å². The number of rotatable bonds is 5. The van der Waals surface area contributed by atoms with Gasteiger partial charge >= 0.3 is 0 Å². The molecule has 0 radical (unpaired) electrons. The average Bonchev–Trinajstić information content (AvgIpc) is 2.97. The molecule has 0 saturated carbocycles. The Kier molecular flexibility index (Phi) is 4.54. The smallest absolute Gasteiger partial charge is 0.162 e. The third kappa shape index (κ3) is 2.89. The van der Waals surface area contributed by atoms with Crippen LogP contribution in [0.5, 0.6) is 5.75 Å². The molecule has 1 aromatic heterocycles. The van der Waals surface area contributed by atoms with Gasteiger partial charge in [-0.3, -0.25) is 0 Å². The number of nitriles is 1. The van der Waals surface area contributed by atoms with Crippen LogP contribution in [0.3, 0.4) is 0 Å². The number of nitrogens with zero attached hydrogens (tertiary/aromatic N) is 1. The third-order valence-electron chi connectivity index (χ3n) is 2.99. The van der Waals surface area contributed by atoms with E-state index in [1.807, 2.05) is 6.07 Å². The fourth-order valence-electron chi connectivity index (χ4n) is 1.95. The first-order valence-corrected chi connectivity index (χ1v) is 6.72. The zero-order valence-corrected chi connectivity index (χ0v) is 11.9. The second-order valence-corrected chi connectivity index (χ2v) is 4.81. The summed E-state index contributed by atoms with van der Waals surface area (Å²) in [6, 6.07) is 7.11. The zero-order valence-electron chi connectivity index (χ0n) is 11.1. The second kappa shape index (κ2) is 6.36. The Balaban J connectivity index is 2.36. The van der Waals surface area contributed by atoms with Crippen molar-refractivity contribution in [2.75, 3.05) is 5.73 Å². The van der Waals surface area contributed by atoms with E-state index < -0.39 is 0 Å². The summed E-state index contributed by atoms with van der Waals surface area (Å²) in [5.41, 5.74) is 7.50. The maximum atomic E-state index is 9.16. The van der Waals surface area contributed by atoms with Crippen molar-refractivity contribution < 1.29 is 9.15 Å². The fraction of sp³-hybridized carbons (Fsp3) is 0.267. The van der Waals surface area contributed by atoms with E-state index in [0.717, 1.165) is 18.4 Å². The van der Waals surface area contributed by atoms with Crippen LogP contribution in [-0.4, -0.2) is 0 Å². The van der Waals surface area contributed by atoms with Crippen molar-refractivity contribution in [1.82, 2.24) is 0 Å². The number of halogens is 1. The highest BCUT2D eigenvalue weighted by Crippen LogP contribution is 2.37. The summed E-state index contributed by atoms with van der Waals surface area (Å²) in [6.45, 7) is 2.06. The molecule has 1 heterocycles. The Morgan fingerprint density at radius 2 is 2.25 bits per heavy atom. The minimum Gasteiger partial charge on any atom is -0.482 e. The standard InChI is InChI=1S/C15H15ClN2O2/c1-2-3-13(11-6-7-19-9-11)20-15-10(8-17)4-5-12(16)14(15)18/h4-7,9,13H,2-3,18H2,1H3. The van der Waals surface area contributed by atoms with Crippen LogP contribution in [0.25, 0.3) is 0 Å². The van der Waals surface area contributed by atoms with E-state index in [4.69, 9.17) is 31.8 Å². The van der Waals surface area contributed by atoms with Crippen LogP contribution in [0, 0.1) is 11.3 Å². The van der Waals surface area contributed by atoms with Crippen molar-refractivity contribution in [3.05, 3.63) is 46.9 Å². The minimum absolute atomic E-state index is 0.216. The van der Waals surface area contributed by atoms with E-state index in [9.17, 15) is 0 Å². The van der Waals surface area contributed by atoms with Crippen molar-refractivity contribution in [2.24, 2.45) is 0 Å². The van der Waals surface area contributed by atoms with Crippen LogP contribution in [0.2, 0.25) is 5.02 Å². The van der Waals surface area contributed by atoms with Crippen LogP contribution in [0.1, 0.15) is 37.0 Å². The summed E-state index contributed by atoms with van der Waals surface area (Å²) in [5.74, 6) is 0.333. The van der Waals surface area contributed by atoms with E-state index in [0.29, 0.717) is 16.3 Å². The minimum atomic E-state index is -0.216. The number of nitrogen functional groups attached to an aromatic ring is 1. The fourth-order valence-corrected chi connectivity index (χ4v) is 2.10. The molecule has 0 saturated heterocycles.